The first-order valence-electron chi connectivity index (χ1n) is 8.24. The van der Waals surface area contributed by atoms with E-state index in [2.05, 4.69) is 31.0 Å². The van der Waals surface area contributed by atoms with Crippen LogP contribution in [0.1, 0.15) is 40.0 Å². The molecule has 2 heterocycles. The lowest BCUT2D eigenvalue weighted by atomic mass is 9.86. The summed E-state index contributed by atoms with van der Waals surface area (Å²) >= 11 is 0. The van der Waals surface area contributed by atoms with Crippen LogP contribution in [0.3, 0.4) is 0 Å². The van der Waals surface area contributed by atoms with Crippen molar-refractivity contribution in [2.24, 2.45) is 17.8 Å². The molecule has 3 heteroatoms. The van der Waals surface area contributed by atoms with Gasteiger partial charge in [0.2, 0.25) is 0 Å². The van der Waals surface area contributed by atoms with Gasteiger partial charge in [-0.15, -0.1) is 0 Å². The molecular formula is C16H32N2O. The molecule has 2 aliphatic rings. The van der Waals surface area contributed by atoms with Gasteiger partial charge in [0.1, 0.15) is 0 Å². The Morgan fingerprint density at radius 1 is 1.16 bits per heavy atom. The zero-order chi connectivity index (χ0) is 13.7. The Morgan fingerprint density at radius 2 is 1.89 bits per heavy atom. The van der Waals surface area contributed by atoms with E-state index in [1.165, 1.54) is 38.9 Å². The minimum Gasteiger partial charge on any atom is -0.381 e. The van der Waals surface area contributed by atoms with E-state index in [1.54, 1.807) is 0 Å². The first kappa shape index (κ1) is 15.3. The molecule has 0 aromatic heterocycles. The highest BCUT2D eigenvalue weighted by Crippen LogP contribution is 2.25. The summed E-state index contributed by atoms with van der Waals surface area (Å²) in [4.78, 5) is 2.67. The quantitative estimate of drug-likeness (QED) is 0.800. The number of rotatable bonds is 6. The van der Waals surface area contributed by atoms with Crippen molar-refractivity contribution in [1.82, 2.24) is 10.2 Å². The Morgan fingerprint density at radius 3 is 2.42 bits per heavy atom. The van der Waals surface area contributed by atoms with Crippen molar-refractivity contribution in [3.05, 3.63) is 0 Å². The van der Waals surface area contributed by atoms with Crippen LogP contribution in [0.15, 0.2) is 0 Å². The van der Waals surface area contributed by atoms with Crippen LogP contribution in [0.25, 0.3) is 0 Å². The van der Waals surface area contributed by atoms with Gasteiger partial charge < -0.3 is 15.0 Å². The van der Waals surface area contributed by atoms with Gasteiger partial charge in [-0.1, -0.05) is 20.8 Å². The van der Waals surface area contributed by atoms with Crippen molar-refractivity contribution in [3.8, 4) is 0 Å². The molecule has 1 N–H and O–H groups in total. The molecule has 2 atom stereocenters. The minimum absolute atomic E-state index is 0.628. The largest absolute Gasteiger partial charge is 0.381 e. The number of likely N-dealkylation sites (N-methyl/N-ethyl adjacent to an activating group) is 1. The molecule has 2 aliphatic heterocycles. The zero-order valence-electron chi connectivity index (χ0n) is 13.0. The van der Waals surface area contributed by atoms with Gasteiger partial charge >= 0.3 is 0 Å². The van der Waals surface area contributed by atoms with E-state index in [4.69, 9.17) is 4.74 Å². The Kier molecular flexibility index (Phi) is 6.11. The average Bonchev–Trinajstić information content (AvgIpc) is 2.92. The number of piperidine rings is 1. The molecule has 0 amide bonds. The van der Waals surface area contributed by atoms with E-state index < -0.39 is 0 Å². The van der Waals surface area contributed by atoms with Crippen LogP contribution in [0, 0.1) is 17.8 Å². The first-order chi connectivity index (χ1) is 9.20. The highest BCUT2D eigenvalue weighted by Gasteiger charge is 2.28. The molecule has 0 radical (unpaired) electrons. The molecule has 2 saturated heterocycles. The van der Waals surface area contributed by atoms with Crippen molar-refractivity contribution >= 4 is 0 Å². The van der Waals surface area contributed by atoms with Crippen LogP contribution >= 0.6 is 0 Å². The van der Waals surface area contributed by atoms with E-state index in [1.807, 2.05) is 0 Å². The molecular weight excluding hydrogens is 236 g/mol. The number of hydrogen-bond donors (Lipinski definition) is 1. The Bertz CT molecular complexity index is 243. The highest BCUT2D eigenvalue weighted by molar-refractivity contribution is 4.84. The van der Waals surface area contributed by atoms with Gasteiger partial charge in [-0.2, -0.15) is 0 Å². The lowest BCUT2D eigenvalue weighted by Crippen LogP contribution is -2.48. The second-order valence-corrected chi connectivity index (χ2v) is 6.67. The molecule has 3 nitrogen and oxygen atoms in total. The van der Waals surface area contributed by atoms with Gasteiger partial charge in [-0.3, -0.25) is 0 Å². The summed E-state index contributed by atoms with van der Waals surface area (Å²) in [6.45, 7) is 13.7. The first-order valence-corrected chi connectivity index (χ1v) is 8.24. The van der Waals surface area contributed by atoms with Crippen molar-refractivity contribution in [3.63, 3.8) is 0 Å². The summed E-state index contributed by atoms with van der Waals surface area (Å²) in [6.07, 6.45) is 4.01. The van der Waals surface area contributed by atoms with Gasteiger partial charge in [0.25, 0.3) is 0 Å². The van der Waals surface area contributed by atoms with Crippen molar-refractivity contribution in [1.29, 1.82) is 0 Å². The summed E-state index contributed by atoms with van der Waals surface area (Å²) in [5.74, 6) is 2.53. The standard InChI is InChI=1S/C16H32N2O/c1-4-17-16(15-7-10-19-12-15)11-18-8-5-14(6-9-18)13(2)3/h13-17H,4-12H2,1-3H3. The fourth-order valence-corrected chi connectivity index (χ4v) is 3.59. The predicted octanol–water partition coefficient (Wildman–Crippen LogP) is 2.37. The number of ether oxygens (including phenoxy) is 1. The van der Waals surface area contributed by atoms with Crippen LogP contribution in [0.2, 0.25) is 0 Å². The monoisotopic (exact) mass is 268 g/mol. The minimum atomic E-state index is 0.628. The SMILES string of the molecule is CCNC(CN1CCC(C(C)C)CC1)C1CCOC1. The highest BCUT2D eigenvalue weighted by atomic mass is 16.5. The number of nitrogens with one attached hydrogen (secondary N) is 1. The van der Waals surface area contributed by atoms with E-state index >= 15 is 0 Å². The zero-order valence-corrected chi connectivity index (χ0v) is 13.0. The van der Waals surface area contributed by atoms with Gasteiger partial charge in [0, 0.05) is 25.1 Å². The van der Waals surface area contributed by atoms with Crippen LogP contribution in [0.5, 0.6) is 0 Å². The third-order valence-electron chi connectivity index (χ3n) is 5.03. The van der Waals surface area contributed by atoms with Crippen molar-refractivity contribution in [2.75, 3.05) is 39.4 Å². The van der Waals surface area contributed by atoms with Gasteiger partial charge in [0.05, 0.1) is 6.61 Å². The fraction of sp³-hybridized carbons (Fsp3) is 1.00. The lowest BCUT2D eigenvalue weighted by Gasteiger charge is -2.37. The molecule has 2 unspecified atom stereocenters. The molecule has 112 valence electrons. The second-order valence-electron chi connectivity index (χ2n) is 6.67. The number of nitrogens with zero attached hydrogens (tertiary/aromatic N) is 1. The fourth-order valence-electron chi connectivity index (χ4n) is 3.59. The maximum absolute atomic E-state index is 5.56. The van der Waals surface area contributed by atoms with E-state index in [0.717, 1.165) is 37.5 Å². The summed E-state index contributed by atoms with van der Waals surface area (Å²) in [5.41, 5.74) is 0. The third-order valence-corrected chi connectivity index (χ3v) is 5.03. The van der Waals surface area contributed by atoms with Crippen LogP contribution in [-0.4, -0.2) is 50.3 Å². The number of likely N-dealkylation sites (tertiary alicyclic amines) is 1. The predicted molar refractivity (Wildman–Crippen MR) is 80.4 cm³/mol. The second kappa shape index (κ2) is 7.61. The van der Waals surface area contributed by atoms with Crippen molar-refractivity contribution < 1.29 is 4.74 Å². The Labute approximate surface area is 119 Å². The molecule has 0 saturated carbocycles. The maximum atomic E-state index is 5.56. The number of hydrogen-bond acceptors (Lipinski definition) is 3. The summed E-state index contributed by atoms with van der Waals surface area (Å²) < 4.78 is 5.56. The summed E-state index contributed by atoms with van der Waals surface area (Å²) in [5, 5.41) is 3.68. The summed E-state index contributed by atoms with van der Waals surface area (Å²) in [6, 6.07) is 0.628. The molecule has 0 aliphatic carbocycles. The third kappa shape index (κ3) is 4.44. The molecule has 2 rings (SSSR count). The molecule has 0 bridgehead atoms. The van der Waals surface area contributed by atoms with Gasteiger partial charge in [0.15, 0.2) is 0 Å². The van der Waals surface area contributed by atoms with E-state index in [9.17, 15) is 0 Å². The van der Waals surface area contributed by atoms with E-state index in [-0.39, 0.29) is 0 Å². The molecule has 0 spiro atoms. The normalized spacial score (nSPS) is 28.1. The van der Waals surface area contributed by atoms with Crippen LogP contribution in [0.4, 0.5) is 0 Å². The smallest absolute Gasteiger partial charge is 0.0510 e. The Balaban J connectivity index is 1.78. The lowest BCUT2D eigenvalue weighted by molar-refractivity contribution is 0.125. The van der Waals surface area contributed by atoms with Crippen molar-refractivity contribution in [2.45, 2.75) is 46.1 Å². The Hall–Kier alpha value is -0.120. The van der Waals surface area contributed by atoms with Gasteiger partial charge in [-0.05, 0) is 50.7 Å². The van der Waals surface area contributed by atoms with Crippen LogP contribution < -0.4 is 5.32 Å². The van der Waals surface area contributed by atoms with E-state index in [0.29, 0.717) is 6.04 Å². The topological polar surface area (TPSA) is 24.5 Å². The molecule has 2 fully saturated rings. The van der Waals surface area contributed by atoms with Gasteiger partial charge in [-0.25, -0.2) is 0 Å². The average molecular weight is 268 g/mol. The molecule has 0 aromatic carbocycles. The summed E-state index contributed by atoms with van der Waals surface area (Å²) in [7, 11) is 0. The maximum Gasteiger partial charge on any atom is 0.0510 e. The van der Waals surface area contributed by atoms with Crippen LogP contribution in [-0.2, 0) is 4.74 Å². The molecule has 0 aromatic rings. The molecule has 19 heavy (non-hydrogen) atoms.